The number of hydrogen-bond donors (Lipinski definition) is 0. The van der Waals surface area contributed by atoms with Gasteiger partial charge in [0.2, 0.25) is 0 Å². The molecule has 0 aliphatic rings. The number of nitrogens with zero attached hydrogens (tertiary/aromatic N) is 3. The van der Waals surface area contributed by atoms with Crippen molar-refractivity contribution < 1.29 is 4.74 Å². The highest BCUT2D eigenvalue weighted by Crippen LogP contribution is 2.17. The van der Waals surface area contributed by atoms with Crippen molar-refractivity contribution >= 4 is 6.21 Å². The first-order chi connectivity index (χ1) is 8.29. The zero-order valence-electron chi connectivity index (χ0n) is 10.00. The minimum Gasteiger partial charge on any atom is -0.496 e. The summed E-state index contributed by atoms with van der Waals surface area (Å²) >= 11 is 0. The van der Waals surface area contributed by atoms with Crippen LogP contribution in [0.15, 0.2) is 41.8 Å². The summed E-state index contributed by atoms with van der Waals surface area (Å²) < 4.78 is 7.15. The first-order valence-electron chi connectivity index (χ1n) is 5.39. The van der Waals surface area contributed by atoms with Crippen LogP contribution in [-0.4, -0.2) is 22.9 Å². The third-order valence-corrected chi connectivity index (χ3v) is 2.40. The van der Waals surface area contributed by atoms with Crippen LogP contribution in [0.5, 0.6) is 5.75 Å². The summed E-state index contributed by atoms with van der Waals surface area (Å²) in [6.07, 6.45) is 5.45. The van der Waals surface area contributed by atoms with Crippen LogP contribution in [0, 0.1) is 0 Å². The van der Waals surface area contributed by atoms with E-state index in [1.807, 2.05) is 42.1 Å². The number of aryl methyl sites for hydroxylation is 1. The van der Waals surface area contributed by atoms with E-state index in [2.05, 4.69) is 9.98 Å². The van der Waals surface area contributed by atoms with Gasteiger partial charge in [0.1, 0.15) is 5.75 Å². The van der Waals surface area contributed by atoms with Gasteiger partial charge in [0.15, 0.2) is 0 Å². The average Bonchev–Trinajstić information content (AvgIpc) is 2.76. The Balaban J connectivity index is 2.04. The van der Waals surface area contributed by atoms with Crippen LogP contribution in [-0.2, 0) is 13.6 Å². The lowest BCUT2D eigenvalue weighted by molar-refractivity contribution is 0.410. The van der Waals surface area contributed by atoms with Gasteiger partial charge in [-0.25, -0.2) is 4.98 Å². The Hall–Kier alpha value is -2.10. The number of hydrogen-bond acceptors (Lipinski definition) is 3. The summed E-state index contributed by atoms with van der Waals surface area (Å²) in [4.78, 5) is 8.52. The SMILES string of the molecule is COc1ccccc1CN=Cc1cn(C)cn1. The molecule has 1 heterocycles. The molecule has 2 aromatic rings. The zero-order valence-corrected chi connectivity index (χ0v) is 10.00. The molecule has 0 saturated heterocycles. The van der Waals surface area contributed by atoms with Gasteiger partial charge in [0.05, 0.1) is 25.7 Å². The van der Waals surface area contributed by atoms with E-state index in [0.29, 0.717) is 6.54 Å². The fourth-order valence-electron chi connectivity index (χ4n) is 1.57. The van der Waals surface area contributed by atoms with Gasteiger partial charge in [-0.05, 0) is 6.07 Å². The van der Waals surface area contributed by atoms with Gasteiger partial charge in [-0.15, -0.1) is 0 Å². The van der Waals surface area contributed by atoms with Crippen LogP contribution in [0.3, 0.4) is 0 Å². The summed E-state index contributed by atoms with van der Waals surface area (Å²) in [5.74, 6) is 0.866. The lowest BCUT2D eigenvalue weighted by Gasteiger charge is -2.04. The van der Waals surface area contributed by atoms with E-state index in [0.717, 1.165) is 17.0 Å². The van der Waals surface area contributed by atoms with Crippen LogP contribution in [0.2, 0.25) is 0 Å². The molecule has 1 aromatic carbocycles. The van der Waals surface area contributed by atoms with Crippen molar-refractivity contribution in [1.29, 1.82) is 0 Å². The minimum absolute atomic E-state index is 0.598. The molecular formula is C13H15N3O. The number of aromatic nitrogens is 2. The number of ether oxygens (including phenoxy) is 1. The summed E-state index contributed by atoms with van der Waals surface area (Å²) in [5, 5.41) is 0. The highest BCUT2D eigenvalue weighted by Gasteiger charge is 1.99. The second-order valence-electron chi connectivity index (χ2n) is 3.75. The van der Waals surface area contributed by atoms with E-state index < -0.39 is 0 Å². The third kappa shape index (κ3) is 2.93. The molecule has 4 heteroatoms. The van der Waals surface area contributed by atoms with Crippen molar-refractivity contribution in [2.75, 3.05) is 7.11 Å². The highest BCUT2D eigenvalue weighted by molar-refractivity contribution is 5.76. The maximum atomic E-state index is 5.26. The van der Waals surface area contributed by atoms with Gasteiger partial charge in [-0.3, -0.25) is 4.99 Å². The Morgan fingerprint density at radius 2 is 2.24 bits per heavy atom. The quantitative estimate of drug-likeness (QED) is 0.753. The number of benzene rings is 1. The topological polar surface area (TPSA) is 39.4 Å². The van der Waals surface area contributed by atoms with Gasteiger partial charge in [0, 0.05) is 25.0 Å². The molecule has 0 saturated carbocycles. The van der Waals surface area contributed by atoms with Crippen molar-refractivity contribution in [2.45, 2.75) is 6.54 Å². The van der Waals surface area contributed by atoms with E-state index >= 15 is 0 Å². The Kier molecular flexibility index (Phi) is 3.55. The molecule has 0 bridgehead atoms. The smallest absolute Gasteiger partial charge is 0.123 e. The Morgan fingerprint density at radius 1 is 1.41 bits per heavy atom. The van der Waals surface area contributed by atoms with Crippen LogP contribution < -0.4 is 4.74 Å². The van der Waals surface area contributed by atoms with Crippen molar-refractivity contribution in [2.24, 2.45) is 12.0 Å². The van der Waals surface area contributed by atoms with Gasteiger partial charge in [-0.2, -0.15) is 0 Å². The number of para-hydroxylation sites is 1. The van der Waals surface area contributed by atoms with E-state index in [1.165, 1.54) is 0 Å². The Morgan fingerprint density at radius 3 is 2.94 bits per heavy atom. The highest BCUT2D eigenvalue weighted by atomic mass is 16.5. The van der Waals surface area contributed by atoms with E-state index in [-0.39, 0.29) is 0 Å². The molecule has 17 heavy (non-hydrogen) atoms. The van der Waals surface area contributed by atoms with Crippen molar-refractivity contribution in [3.05, 3.63) is 48.0 Å². The van der Waals surface area contributed by atoms with Crippen LogP contribution in [0.4, 0.5) is 0 Å². The summed E-state index contributed by atoms with van der Waals surface area (Å²) in [7, 11) is 3.60. The van der Waals surface area contributed by atoms with Crippen LogP contribution in [0.1, 0.15) is 11.3 Å². The maximum Gasteiger partial charge on any atom is 0.123 e. The van der Waals surface area contributed by atoms with E-state index in [9.17, 15) is 0 Å². The average molecular weight is 229 g/mol. The molecule has 2 rings (SSSR count). The zero-order chi connectivity index (χ0) is 12.1. The number of imidazole rings is 1. The van der Waals surface area contributed by atoms with Crippen molar-refractivity contribution in [3.8, 4) is 5.75 Å². The Bertz CT molecular complexity index is 517. The van der Waals surface area contributed by atoms with Crippen molar-refractivity contribution in [1.82, 2.24) is 9.55 Å². The largest absolute Gasteiger partial charge is 0.496 e. The number of methoxy groups -OCH3 is 1. The molecule has 0 aliphatic carbocycles. The fraction of sp³-hybridized carbons (Fsp3) is 0.231. The van der Waals surface area contributed by atoms with Gasteiger partial charge in [0.25, 0.3) is 0 Å². The first-order valence-corrected chi connectivity index (χ1v) is 5.39. The number of rotatable bonds is 4. The fourth-order valence-corrected chi connectivity index (χ4v) is 1.57. The monoisotopic (exact) mass is 229 g/mol. The summed E-state index contributed by atoms with van der Waals surface area (Å²) in [6.45, 7) is 0.598. The maximum absolute atomic E-state index is 5.26. The molecule has 0 amide bonds. The lowest BCUT2D eigenvalue weighted by atomic mass is 10.2. The molecule has 1 aromatic heterocycles. The molecule has 0 N–H and O–H groups in total. The van der Waals surface area contributed by atoms with Gasteiger partial charge < -0.3 is 9.30 Å². The summed E-state index contributed by atoms with van der Waals surface area (Å²) in [6, 6.07) is 7.87. The standard InChI is InChI=1S/C13H15N3O/c1-16-9-12(15-10-16)8-14-7-11-5-3-4-6-13(11)17-2/h3-6,8-10H,7H2,1-2H3. The lowest BCUT2D eigenvalue weighted by Crippen LogP contribution is -1.90. The predicted octanol–water partition coefficient (Wildman–Crippen LogP) is 2.05. The normalized spacial score (nSPS) is 10.9. The van der Waals surface area contributed by atoms with E-state index in [4.69, 9.17) is 4.74 Å². The third-order valence-electron chi connectivity index (χ3n) is 2.40. The Labute approximate surface area is 101 Å². The van der Waals surface area contributed by atoms with Crippen molar-refractivity contribution in [3.63, 3.8) is 0 Å². The summed E-state index contributed by atoms with van der Waals surface area (Å²) in [5.41, 5.74) is 1.93. The van der Waals surface area contributed by atoms with Gasteiger partial charge in [-0.1, -0.05) is 18.2 Å². The molecular weight excluding hydrogens is 214 g/mol. The number of aliphatic imine (C=N–C) groups is 1. The minimum atomic E-state index is 0.598. The molecule has 0 aliphatic heterocycles. The van der Waals surface area contributed by atoms with Crippen LogP contribution in [0.25, 0.3) is 0 Å². The molecule has 0 atom stereocenters. The molecule has 0 fully saturated rings. The first kappa shape index (κ1) is 11.4. The molecule has 88 valence electrons. The van der Waals surface area contributed by atoms with Gasteiger partial charge >= 0.3 is 0 Å². The van der Waals surface area contributed by atoms with E-state index in [1.54, 1.807) is 19.7 Å². The second-order valence-corrected chi connectivity index (χ2v) is 3.75. The molecule has 4 nitrogen and oxygen atoms in total. The molecule has 0 spiro atoms. The predicted molar refractivity (Wildman–Crippen MR) is 67.5 cm³/mol. The second kappa shape index (κ2) is 5.30. The molecule has 0 radical (unpaired) electrons. The van der Waals surface area contributed by atoms with Crippen LogP contribution >= 0.6 is 0 Å². The molecule has 0 unspecified atom stereocenters.